The summed E-state index contributed by atoms with van der Waals surface area (Å²) in [4.78, 5) is 2.55. The van der Waals surface area contributed by atoms with E-state index in [1.54, 1.807) is 0 Å². The summed E-state index contributed by atoms with van der Waals surface area (Å²) in [5.41, 5.74) is 2.52. The number of rotatable bonds is 6. The van der Waals surface area contributed by atoms with Crippen LogP contribution in [0.5, 0.6) is 0 Å². The quantitative estimate of drug-likeness (QED) is 0.781. The van der Waals surface area contributed by atoms with Crippen LogP contribution in [0.3, 0.4) is 0 Å². The fraction of sp³-hybridized carbons (Fsp3) is 0.400. The monoisotopic (exact) mass is 295 g/mol. The number of hydrogen-bond donors (Lipinski definition) is 0. The Morgan fingerprint density at radius 1 is 0.818 bits per heavy atom. The van der Waals surface area contributed by atoms with Crippen molar-refractivity contribution in [3.05, 3.63) is 71.8 Å². The van der Waals surface area contributed by atoms with Gasteiger partial charge < -0.3 is 9.64 Å². The van der Waals surface area contributed by atoms with Gasteiger partial charge in [-0.05, 0) is 37.1 Å². The summed E-state index contributed by atoms with van der Waals surface area (Å²) in [6.07, 6.45) is 4.16. The third kappa shape index (κ3) is 4.43. The van der Waals surface area contributed by atoms with Crippen LogP contribution < -0.4 is 0 Å². The van der Waals surface area contributed by atoms with Crippen molar-refractivity contribution in [3.8, 4) is 0 Å². The van der Waals surface area contributed by atoms with Gasteiger partial charge in [-0.3, -0.25) is 0 Å². The number of hydrogen-bond acceptors (Lipinski definition) is 2. The second-order valence-corrected chi connectivity index (χ2v) is 6.06. The lowest BCUT2D eigenvalue weighted by Gasteiger charge is -2.30. The lowest BCUT2D eigenvalue weighted by molar-refractivity contribution is 0.00999. The molecule has 0 radical (unpaired) electrons. The fourth-order valence-electron chi connectivity index (χ4n) is 3.07. The highest BCUT2D eigenvalue weighted by Crippen LogP contribution is 2.22. The maximum Gasteiger partial charge on any atom is 0.0956 e. The highest BCUT2D eigenvalue weighted by Gasteiger charge is 2.18. The van der Waals surface area contributed by atoms with Gasteiger partial charge in [0.25, 0.3) is 0 Å². The van der Waals surface area contributed by atoms with Crippen molar-refractivity contribution in [2.24, 2.45) is 0 Å². The van der Waals surface area contributed by atoms with Crippen LogP contribution in [-0.4, -0.2) is 24.5 Å². The molecule has 116 valence electrons. The highest BCUT2D eigenvalue weighted by atomic mass is 16.5. The Hall–Kier alpha value is -1.64. The van der Waals surface area contributed by atoms with Crippen molar-refractivity contribution in [1.82, 2.24) is 4.90 Å². The van der Waals surface area contributed by atoms with Gasteiger partial charge in [-0.15, -0.1) is 0 Å². The average molecular weight is 295 g/mol. The standard InChI is InChI=1S/C20H25NO/c1-4-10-18(11-5-1)17-22-20(19-12-6-2-7-13-19)16-21-14-8-3-9-15-21/h1-2,4-7,10-13,20H,3,8-9,14-17H2. The van der Waals surface area contributed by atoms with Crippen LogP contribution in [0.15, 0.2) is 60.7 Å². The molecule has 1 atom stereocenters. The summed E-state index contributed by atoms with van der Waals surface area (Å²) >= 11 is 0. The van der Waals surface area contributed by atoms with Crippen molar-refractivity contribution in [2.45, 2.75) is 32.0 Å². The van der Waals surface area contributed by atoms with E-state index in [9.17, 15) is 0 Å². The van der Waals surface area contributed by atoms with Crippen LogP contribution in [0, 0.1) is 0 Å². The van der Waals surface area contributed by atoms with Gasteiger partial charge in [-0.2, -0.15) is 0 Å². The first-order valence-electron chi connectivity index (χ1n) is 8.34. The second kappa shape index (κ2) is 8.11. The van der Waals surface area contributed by atoms with E-state index in [4.69, 9.17) is 4.74 Å². The zero-order valence-corrected chi connectivity index (χ0v) is 13.2. The molecular weight excluding hydrogens is 270 g/mol. The molecule has 1 unspecified atom stereocenters. The largest absolute Gasteiger partial charge is 0.368 e. The molecule has 22 heavy (non-hydrogen) atoms. The van der Waals surface area contributed by atoms with Gasteiger partial charge in [0.2, 0.25) is 0 Å². The first-order valence-corrected chi connectivity index (χ1v) is 8.34. The van der Waals surface area contributed by atoms with Crippen molar-refractivity contribution in [3.63, 3.8) is 0 Å². The van der Waals surface area contributed by atoms with E-state index in [1.165, 1.54) is 43.5 Å². The molecule has 2 heteroatoms. The van der Waals surface area contributed by atoms with Crippen molar-refractivity contribution >= 4 is 0 Å². The Bertz CT molecular complexity index is 534. The second-order valence-electron chi connectivity index (χ2n) is 6.06. The number of ether oxygens (including phenoxy) is 1. The third-order valence-corrected chi connectivity index (χ3v) is 4.34. The summed E-state index contributed by atoms with van der Waals surface area (Å²) in [7, 11) is 0. The molecule has 1 fully saturated rings. The van der Waals surface area contributed by atoms with Gasteiger partial charge in [-0.1, -0.05) is 67.1 Å². The van der Waals surface area contributed by atoms with Crippen LogP contribution in [-0.2, 0) is 11.3 Å². The minimum Gasteiger partial charge on any atom is -0.368 e. The molecule has 1 aliphatic rings. The third-order valence-electron chi connectivity index (χ3n) is 4.34. The number of likely N-dealkylation sites (tertiary alicyclic amines) is 1. The molecule has 0 aliphatic carbocycles. The predicted molar refractivity (Wildman–Crippen MR) is 90.7 cm³/mol. The molecule has 0 aromatic heterocycles. The number of nitrogens with zero attached hydrogens (tertiary/aromatic N) is 1. The summed E-state index contributed by atoms with van der Waals surface area (Å²) < 4.78 is 6.28. The summed E-state index contributed by atoms with van der Waals surface area (Å²) in [6.45, 7) is 4.08. The molecule has 1 aliphatic heterocycles. The van der Waals surface area contributed by atoms with Gasteiger partial charge in [0.1, 0.15) is 0 Å². The van der Waals surface area contributed by atoms with Crippen LogP contribution in [0.4, 0.5) is 0 Å². The van der Waals surface area contributed by atoms with Gasteiger partial charge in [-0.25, -0.2) is 0 Å². The number of benzene rings is 2. The molecule has 2 aromatic rings. The first-order chi connectivity index (χ1) is 10.9. The maximum atomic E-state index is 6.28. The van der Waals surface area contributed by atoms with Crippen LogP contribution >= 0.6 is 0 Å². The van der Waals surface area contributed by atoms with Gasteiger partial charge in [0.15, 0.2) is 0 Å². The van der Waals surface area contributed by atoms with Gasteiger partial charge in [0.05, 0.1) is 12.7 Å². The molecule has 0 saturated carbocycles. The fourth-order valence-corrected chi connectivity index (χ4v) is 3.07. The molecule has 1 saturated heterocycles. The normalized spacial score (nSPS) is 17.3. The Morgan fingerprint density at radius 3 is 2.14 bits per heavy atom. The zero-order valence-electron chi connectivity index (χ0n) is 13.2. The minimum atomic E-state index is 0.152. The maximum absolute atomic E-state index is 6.28. The Labute approximate surface area is 133 Å². The summed E-state index contributed by atoms with van der Waals surface area (Å²) in [5, 5.41) is 0. The average Bonchev–Trinajstić information content (AvgIpc) is 2.61. The molecule has 2 aromatic carbocycles. The smallest absolute Gasteiger partial charge is 0.0956 e. The van der Waals surface area contributed by atoms with Crippen molar-refractivity contribution in [1.29, 1.82) is 0 Å². The SMILES string of the molecule is c1ccc(COC(CN2CCCCC2)c2ccccc2)cc1. The lowest BCUT2D eigenvalue weighted by atomic mass is 10.1. The van der Waals surface area contributed by atoms with Gasteiger partial charge in [0, 0.05) is 6.54 Å². The number of piperidine rings is 1. The Kier molecular flexibility index (Phi) is 5.63. The molecule has 0 N–H and O–H groups in total. The highest BCUT2D eigenvalue weighted by molar-refractivity contribution is 5.19. The zero-order chi connectivity index (χ0) is 15.0. The van der Waals surface area contributed by atoms with E-state index in [-0.39, 0.29) is 6.10 Å². The van der Waals surface area contributed by atoms with E-state index >= 15 is 0 Å². The summed E-state index contributed by atoms with van der Waals surface area (Å²) in [6, 6.07) is 21.1. The minimum absolute atomic E-state index is 0.152. The molecular formula is C20H25NO. The Balaban J connectivity index is 1.65. The van der Waals surface area contributed by atoms with E-state index in [2.05, 4.69) is 59.5 Å². The summed E-state index contributed by atoms with van der Waals surface area (Å²) in [5.74, 6) is 0. The van der Waals surface area contributed by atoms with Gasteiger partial charge >= 0.3 is 0 Å². The molecule has 3 rings (SSSR count). The van der Waals surface area contributed by atoms with E-state index in [1.807, 2.05) is 6.07 Å². The first kappa shape index (κ1) is 15.3. The topological polar surface area (TPSA) is 12.5 Å². The molecule has 1 heterocycles. The predicted octanol–water partition coefficient (Wildman–Crippen LogP) is 4.43. The van der Waals surface area contributed by atoms with E-state index < -0.39 is 0 Å². The van der Waals surface area contributed by atoms with Crippen molar-refractivity contribution < 1.29 is 4.74 Å². The molecule has 2 nitrogen and oxygen atoms in total. The van der Waals surface area contributed by atoms with Crippen LogP contribution in [0.2, 0.25) is 0 Å². The molecule has 0 amide bonds. The lowest BCUT2D eigenvalue weighted by Crippen LogP contribution is -2.34. The molecule has 0 bridgehead atoms. The van der Waals surface area contributed by atoms with Crippen molar-refractivity contribution in [2.75, 3.05) is 19.6 Å². The van der Waals surface area contributed by atoms with Crippen LogP contribution in [0.25, 0.3) is 0 Å². The molecule has 0 spiro atoms. The van der Waals surface area contributed by atoms with E-state index in [0.29, 0.717) is 6.61 Å². The van der Waals surface area contributed by atoms with E-state index in [0.717, 1.165) is 6.54 Å². The van der Waals surface area contributed by atoms with Crippen LogP contribution in [0.1, 0.15) is 36.5 Å². The Morgan fingerprint density at radius 2 is 1.45 bits per heavy atom.